The number of ether oxygens (including phenoxy) is 2. The lowest BCUT2D eigenvalue weighted by atomic mass is 9.94. The molecule has 1 amide bonds. The smallest absolute Gasteiger partial charge is 0.445 e. The number of nitrogens with zero attached hydrogens (tertiary/aromatic N) is 1. The first-order valence-electron chi connectivity index (χ1n) is 9.55. The summed E-state index contributed by atoms with van der Waals surface area (Å²) in [6.07, 6.45) is -1.61. The highest BCUT2D eigenvalue weighted by molar-refractivity contribution is 5.75. The van der Waals surface area contributed by atoms with E-state index in [1.54, 1.807) is 11.0 Å². The minimum Gasteiger partial charge on any atom is -0.445 e. The molecule has 2 bridgehead atoms. The molecule has 30 heavy (non-hydrogen) atoms. The van der Waals surface area contributed by atoms with Gasteiger partial charge in [-0.2, -0.15) is 0 Å². The van der Waals surface area contributed by atoms with Crippen molar-refractivity contribution in [3.8, 4) is 5.75 Å². The molecule has 2 atom stereocenters. The van der Waals surface area contributed by atoms with Gasteiger partial charge in [0.15, 0.2) is 0 Å². The Morgan fingerprint density at radius 3 is 2.53 bits per heavy atom. The van der Waals surface area contributed by atoms with Crippen molar-refractivity contribution in [3.63, 3.8) is 0 Å². The molecule has 2 aliphatic heterocycles. The SMILES string of the molecule is O=C(OCc1ccccc1)N1C2C=C(c3ccc(OC(F)(F)F)cc3F)CC1CC2. The minimum absolute atomic E-state index is 0.135. The van der Waals surface area contributed by atoms with E-state index in [-0.39, 0.29) is 24.3 Å². The van der Waals surface area contributed by atoms with Crippen molar-refractivity contribution < 1.29 is 31.8 Å². The minimum atomic E-state index is -4.88. The van der Waals surface area contributed by atoms with Gasteiger partial charge in [-0.3, -0.25) is 4.90 Å². The molecule has 0 spiro atoms. The molecule has 2 heterocycles. The fraction of sp³-hybridized carbons (Fsp3) is 0.318. The molecule has 4 rings (SSSR count). The lowest BCUT2D eigenvalue weighted by Crippen LogP contribution is -2.43. The predicted molar refractivity (Wildman–Crippen MR) is 101 cm³/mol. The number of fused-ring (bicyclic) bond motifs is 2. The second-order valence-corrected chi connectivity index (χ2v) is 7.33. The molecule has 0 aromatic heterocycles. The molecule has 2 unspecified atom stereocenters. The molecule has 158 valence electrons. The number of halogens is 4. The largest absolute Gasteiger partial charge is 0.573 e. The molecular weight excluding hydrogens is 402 g/mol. The zero-order chi connectivity index (χ0) is 21.3. The van der Waals surface area contributed by atoms with Gasteiger partial charge >= 0.3 is 12.5 Å². The Balaban J connectivity index is 1.46. The summed E-state index contributed by atoms with van der Waals surface area (Å²) in [5, 5.41) is 0. The third kappa shape index (κ3) is 4.42. The Morgan fingerprint density at radius 2 is 1.87 bits per heavy atom. The molecule has 8 heteroatoms. The number of hydrogen-bond donors (Lipinski definition) is 0. The molecule has 0 N–H and O–H groups in total. The number of carbonyl (C=O) groups is 1. The van der Waals surface area contributed by atoms with Crippen LogP contribution in [0.5, 0.6) is 5.75 Å². The highest BCUT2D eigenvalue weighted by Gasteiger charge is 2.41. The van der Waals surface area contributed by atoms with Crippen molar-refractivity contribution in [3.05, 3.63) is 71.6 Å². The first-order valence-corrected chi connectivity index (χ1v) is 9.55. The quantitative estimate of drug-likeness (QED) is 0.596. The molecule has 2 aliphatic rings. The maximum Gasteiger partial charge on any atom is 0.573 e. The van der Waals surface area contributed by atoms with E-state index in [4.69, 9.17) is 4.74 Å². The molecule has 0 aliphatic carbocycles. The summed E-state index contributed by atoms with van der Waals surface area (Å²) in [6, 6.07) is 12.1. The fourth-order valence-corrected chi connectivity index (χ4v) is 4.06. The summed E-state index contributed by atoms with van der Waals surface area (Å²) in [6.45, 7) is 0.168. The Hall–Kier alpha value is -3.03. The number of rotatable bonds is 4. The lowest BCUT2D eigenvalue weighted by Gasteiger charge is -2.33. The fourth-order valence-electron chi connectivity index (χ4n) is 4.06. The van der Waals surface area contributed by atoms with Crippen LogP contribution in [0, 0.1) is 5.82 Å². The van der Waals surface area contributed by atoms with E-state index in [0.717, 1.165) is 30.5 Å². The van der Waals surface area contributed by atoms with Gasteiger partial charge in [-0.25, -0.2) is 9.18 Å². The molecule has 0 radical (unpaired) electrons. The first-order chi connectivity index (χ1) is 14.3. The van der Waals surface area contributed by atoms with Crippen LogP contribution in [0.15, 0.2) is 54.6 Å². The van der Waals surface area contributed by atoms with Gasteiger partial charge in [0, 0.05) is 17.7 Å². The highest BCUT2D eigenvalue weighted by atomic mass is 19.4. The third-order valence-electron chi connectivity index (χ3n) is 5.33. The zero-order valence-electron chi connectivity index (χ0n) is 15.9. The molecule has 2 aromatic rings. The standard InChI is InChI=1S/C22H19F4NO3/c23-20-12-18(30-22(24,25)26)8-9-19(20)15-10-16-6-7-17(11-15)27(16)21(28)29-13-14-4-2-1-3-5-14/h1-5,8-10,12,16-17H,6-7,11,13H2. The number of carbonyl (C=O) groups excluding carboxylic acids is 1. The monoisotopic (exact) mass is 421 g/mol. The Kier molecular flexibility index (Phi) is 5.40. The van der Waals surface area contributed by atoms with Crippen LogP contribution in [-0.2, 0) is 11.3 Å². The van der Waals surface area contributed by atoms with Crippen molar-refractivity contribution in [2.24, 2.45) is 0 Å². The maximum atomic E-state index is 14.5. The summed E-state index contributed by atoms with van der Waals surface area (Å²) < 4.78 is 60.6. The highest BCUT2D eigenvalue weighted by Crippen LogP contribution is 2.40. The van der Waals surface area contributed by atoms with E-state index in [0.29, 0.717) is 12.0 Å². The molecule has 0 saturated carbocycles. The van der Waals surface area contributed by atoms with Crippen molar-refractivity contribution in [1.29, 1.82) is 0 Å². The first kappa shape index (κ1) is 20.3. The van der Waals surface area contributed by atoms with E-state index in [9.17, 15) is 22.4 Å². The van der Waals surface area contributed by atoms with Crippen LogP contribution in [0.4, 0.5) is 22.4 Å². The Labute approximate surface area is 170 Å². The lowest BCUT2D eigenvalue weighted by molar-refractivity contribution is -0.274. The van der Waals surface area contributed by atoms with Gasteiger partial charge < -0.3 is 9.47 Å². The van der Waals surface area contributed by atoms with E-state index in [1.165, 1.54) is 6.07 Å². The van der Waals surface area contributed by atoms with E-state index >= 15 is 0 Å². The summed E-state index contributed by atoms with van der Waals surface area (Å²) in [5.41, 5.74) is 1.78. The number of alkyl halides is 3. The second kappa shape index (κ2) is 8.01. The summed E-state index contributed by atoms with van der Waals surface area (Å²) in [4.78, 5) is 14.3. The van der Waals surface area contributed by atoms with Crippen LogP contribution in [-0.4, -0.2) is 29.4 Å². The van der Waals surface area contributed by atoms with Gasteiger partial charge in [0.1, 0.15) is 18.2 Å². The van der Waals surface area contributed by atoms with Gasteiger partial charge in [0.25, 0.3) is 0 Å². The van der Waals surface area contributed by atoms with Crippen LogP contribution >= 0.6 is 0 Å². The van der Waals surface area contributed by atoms with Gasteiger partial charge in [-0.1, -0.05) is 36.4 Å². The van der Waals surface area contributed by atoms with Crippen molar-refractivity contribution in [1.82, 2.24) is 4.90 Å². The van der Waals surface area contributed by atoms with Gasteiger partial charge in [-0.15, -0.1) is 13.2 Å². The van der Waals surface area contributed by atoms with E-state index < -0.39 is 24.0 Å². The van der Waals surface area contributed by atoms with Gasteiger partial charge in [0.05, 0.1) is 6.04 Å². The molecule has 1 fully saturated rings. The normalized spacial score (nSPS) is 20.7. The zero-order valence-corrected chi connectivity index (χ0v) is 15.9. The van der Waals surface area contributed by atoms with Crippen LogP contribution in [0.2, 0.25) is 0 Å². The summed E-state index contributed by atoms with van der Waals surface area (Å²) in [5.74, 6) is -1.39. The maximum absolute atomic E-state index is 14.5. The van der Waals surface area contributed by atoms with Crippen molar-refractivity contribution in [2.45, 2.75) is 44.3 Å². The number of benzene rings is 2. The summed E-state index contributed by atoms with van der Waals surface area (Å²) >= 11 is 0. The van der Waals surface area contributed by atoms with Crippen LogP contribution in [0.1, 0.15) is 30.4 Å². The molecule has 2 aromatic carbocycles. The Bertz CT molecular complexity index is 959. The third-order valence-corrected chi connectivity index (χ3v) is 5.33. The topological polar surface area (TPSA) is 38.8 Å². The predicted octanol–water partition coefficient (Wildman–Crippen LogP) is 5.68. The van der Waals surface area contributed by atoms with Crippen LogP contribution in [0.25, 0.3) is 5.57 Å². The van der Waals surface area contributed by atoms with Crippen LogP contribution in [0.3, 0.4) is 0 Å². The molecule has 4 nitrogen and oxygen atoms in total. The van der Waals surface area contributed by atoms with Crippen LogP contribution < -0.4 is 4.74 Å². The molecular formula is C22H19F4NO3. The van der Waals surface area contributed by atoms with E-state index in [2.05, 4.69) is 4.74 Å². The number of amides is 1. The molecule has 1 saturated heterocycles. The second-order valence-electron chi connectivity index (χ2n) is 7.33. The summed E-state index contributed by atoms with van der Waals surface area (Å²) in [7, 11) is 0. The Morgan fingerprint density at radius 1 is 1.10 bits per heavy atom. The van der Waals surface area contributed by atoms with Gasteiger partial charge in [0.2, 0.25) is 0 Å². The number of hydrogen-bond acceptors (Lipinski definition) is 3. The average Bonchev–Trinajstić information content (AvgIpc) is 2.96. The van der Waals surface area contributed by atoms with E-state index in [1.807, 2.05) is 30.3 Å². The van der Waals surface area contributed by atoms with Gasteiger partial charge in [-0.05, 0) is 42.5 Å². The van der Waals surface area contributed by atoms with Crippen molar-refractivity contribution in [2.75, 3.05) is 0 Å². The van der Waals surface area contributed by atoms with Crippen molar-refractivity contribution >= 4 is 11.7 Å². The average molecular weight is 421 g/mol.